The number of fused-ring (bicyclic) bond motifs is 1. The molecule has 5 nitrogen and oxygen atoms in total. The molecule has 7 aromatic rings. The minimum atomic E-state index is -0.753. The van der Waals surface area contributed by atoms with Crippen LogP contribution in [0.1, 0.15) is 52.0 Å². The molecule has 2 heterocycles. The lowest BCUT2D eigenvalue weighted by Gasteiger charge is -2.38. The molecule has 6 heteroatoms. The number of imidazole rings is 1. The standard InChI is InChI=1S/C42H34BrN3O2/c1-3-38(47)40-39(30-16-8-4-9-17-30)37-26-34(43)24-25-36(37)41(48)45(40)27-35-28-46(29(2)44-35)42(31-18-10-5-11-19-31,32-20-12-6-13-21-32)33-22-14-7-15-23-33/h4-26,28H,3,27H2,1-2H3. The van der Waals surface area contributed by atoms with Gasteiger partial charge in [-0.1, -0.05) is 144 Å². The summed E-state index contributed by atoms with van der Waals surface area (Å²) in [5, 5.41) is 1.29. The van der Waals surface area contributed by atoms with Gasteiger partial charge in [-0.15, -0.1) is 0 Å². The number of pyridine rings is 1. The van der Waals surface area contributed by atoms with E-state index in [0.717, 1.165) is 43.5 Å². The number of ketones is 1. The normalized spacial score (nSPS) is 11.6. The first-order valence-corrected chi connectivity index (χ1v) is 16.9. The molecule has 5 aromatic carbocycles. The van der Waals surface area contributed by atoms with Crippen molar-refractivity contribution in [2.75, 3.05) is 0 Å². The quantitative estimate of drug-likeness (QED) is 0.112. The summed E-state index contributed by atoms with van der Waals surface area (Å²) in [5.41, 5.74) is 4.97. The van der Waals surface area contributed by atoms with Crippen molar-refractivity contribution in [2.24, 2.45) is 0 Å². The van der Waals surface area contributed by atoms with Crippen LogP contribution in [0.4, 0.5) is 0 Å². The summed E-state index contributed by atoms with van der Waals surface area (Å²) < 4.78 is 4.68. The number of carbonyl (C=O) groups is 1. The Hall–Kier alpha value is -5.33. The SMILES string of the molecule is CCC(=O)c1c(-c2ccccc2)c2cc(Br)ccc2c(=O)n1Cc1cn(C(c2ccccc2)(c2ccccc2)c2ccccc2)c(C)n1. The van der Waals surface area contributed by atoms with E-state index in [4.69, 9.17) is 4.98 Å². The average Bonchev–Trinajstić information content (AvgIpc) is 3.50. The number of Topliss-reactive ketones (excluding diaryl/α,β-unsaturated/α-hetero) is 1. The molecule has 7 rings (SSSR count). The van der Waals surface area contributed by atoms with E-state index >= 15 is 0 Å². The van der Waals surface area contributed by atoms with Gasteiger partial charge >= 0.3 is 0 Å². The van der Waals surface area contributed by atoms with Gasteiger partial charge in [0.2, 0.25) is 0 Å². The molecule has 2 aromatic heterocycles. The van der Waals surface area contributed by atoms with Crippen molar-refractivity contribution < 1.29 is 4.79 Å². The predicted molar refractivity (Wildman–Crippen MR) is 197 cm³/mol. The second kappa shape index (κ2) is 13.1. The lowest BCUT2D eigenvalue weighted by molar-refractivity contribution is 0.0979. The van der Waals surface area contributed by atoms with E-state index in [1.54, 1.807) is 4.57 Å². The number of halogens is 1. The molecule has 0 unspecified atom stereocenters. The fourth-order valence-electron chi connectivity index (χ4n) is 6.99. The summed E-state index contributed by atoms with van der Waals surface area (Å²) in [6, 6.07) is 46.8. The summed E-state index contributed by atoms with van der Waals surface area (Å²) in [6.45, 7) is 3.97. The van der Waals surface area contributed by atoms with E-state index in [0.29, 0.717) is 16.8 Å². The highest BCUT2D eigenvalue weighted by Crippen LogP contribution is 2.42. The van der Waals surface area contributed by atoms with Crippen LogP contribution in [0.2, 0.25) is 0 Å². The van der Waals surface area contributed by atoms with Crippen LogP contribution in [0.5, 0.6) is 0 Å². The minimum absolute atomic E-state index is 0.101. The second-order valence-corrected chi connectivity index (χ2v) is 12.8. The van der Waals surface area contributed by atoms with Crippen molar-refractivity contribution in [3.05, 3.63) is 194 Å². The fourth-order valence-corrected chi connectivity index (χ4v) is 7.35. The van der Waals surface area contributed by atoms with Gasteiger partial charge in [-0.05, 0) is 52.8 Å². The van der Waals surface area contributed by atoms with Gasteiger partial charge in [0.1, 0.15) is 11.4 Å². The molecule has 0 fully saturated rings. The molecule has 0 amide bonds. The van der Waals surface area contributed by atoms with Crippen molar-refractivity contribution in [3.63, 3.8) is 0 Å². The lowest BCUT2D eigenvalue weighted by Crippen LogP contribution is -2.38. The van der Waals surface area contributed by atoms with Crippen LogP contribution >= 0.6 is 15.9 Å². The maximum Gasteiger partial charge on any atom is 0.259 e. The van der Waals surface area contributed by atoms with Crippen LogP contribution in [-0.4, -0.2) is 19.9 Å². The molecule has 0 saturated carbocycles. The van der Waals surface area contributed by atoms with Crippen molar-refractivity contribution in [1.29, 1.82) is 0 Å². The van der Waals surface area contributed by atoms with E-state index < -0.39 is 5.54 Å². The molecule has 48 heavy (non-hydrogen) atoms. The molecular weight excluding hydrogens is 658 g/mol. The zero-order chi connectivity index (χ0) is 33.3. The first kappa shape index (κ1) is 31.3. The summed E-state index contributed by atoms with van der Waals surface area (Å²) in [7, 11) is 0. The zero-order valence-corrected chi connectivity index (χ0v) is 28.4. The van der Waals surface area contributed by atoms with Crippen LogP contribution < -0.4 is 5.56 Å². The smallest absolute Gasteiger partial charge is 0.259 e. The third-order valence-corrected chi connectivity index (χ3v) is 9.56. The topological polar surface area (TPSA) is 56.9 Å². The van der Waals surface area contributed by atoms with Gasteiger partial charge in [-0.25, -0.2) is 4.98 Å². The highest BCUT2D eigenvalue weighted by atomic mass is 79.9. The van der Waals surface area contributed by atoms with Crippen molar-refractivity contribution in [3.8, 4) is 11.1 Å². The Morgan fingerprint density at radius 1 is 0.729 bits per heavy atom. The van der Waals surface area contributed by atoms with E-state index in [1.807, 2.05) is 86.8 Å². The third-order valence-electron chi connectivity index (χ3n) is 9.07. The number of aryl methyl sites for hydroxylation is 1. The van der Waals surface area contributed by atoms with E-state index in [2.05, 4.69) is 93.3 Å². The minimum Gasteiger partial charge on any atom is -0.316 e. The zero-order valence-electron chi connectivity index (χ0n) is 26.8. The molecule has 0 bridgehead atoms. The number of nitrogens with zero attached hydrogens (tertiary/aromatic N) is 3. The van der Waals surface area contributed by atoms with Crippen molar-refractivity contribution in [1.82, 2.24) is 14.1 Å². The molecule has 0 saturated heterocycles. The van der Waals surface area contributed by atoms with Gasteiger partial charge in [0.15, 0.2) is 5.78 Å². The molecule has 0 aliphatic rings. The largest absolute Gasteiger partial charge is 0.316 e. The summed E-state index contributed by atoms with van der Waals surface area (Å²) >= 11 is 3.60. The Balaban J connectivity index is 1.50. The number of hydrogen-bond donors (Lipinski definition) is 0. The first-order valence-electron chi connectivity index (χ1n) is 16.1. The highest BCUT2D eigenvalue weighted by Gasteiger charge is 2.39. The van der Waals surface area contributed by atoms with Gasteiger partial charge in [0.05, 0.1) is 17.9 Å². The van der Waals surface area contributed by atoms with Gasteiger partial charge in [-0.3, -0.25) is 14.2 Å². The lowest BCUT2D eigenvalue weighted by atomic mass is 9.76. The molecule has 0 spiro atoms. The number of rotatable bonds is 9. The molecule has 0 N–H and O–H groups in total. The van der Waals surface area contributed by atoms with Crippen LogP contribution in [0.15, 0.2) is 155 Å². The van der Waals surface area contributed by atoms with Crippen LogP contribution in [-0.2, 0) is 12.1 Å². The molecular formula is C42H34BrN3O2. The number of hydrogen-bond acceptors (Lipinski definition) is 3. The Labute approximate surface area is 288 Å². The first-order chi connectivity index (χ1) is 23.4. The van der Waals surface area contributed by atoms with Crippen LogP contribution in [0, 0.1) is 6.92 Å². The fraction of sp³-hybridized carbons (Fsp3) is 0.119. The summed E-state index contributed by atoms with van der Waals surface area (Å²) in [6.07, 6.45) is 2.30. The van der Waals surface area contributed by atoms with E-state index in [1.165, 1.54) is 0 Å². The second-order valence-electron chi connectivity index (χ2n) is 11.9. The monoisotopic (exact) mass is 691 g/mol. The molecule has 0 radical (unpaired) electrons. The molecule has 0 aliphatic carbocycles. The predicted octanol–water partition coefficient (Wildman–Crippen LogP) is 9.42. The van der Waals surface area contributed by atoms with Crippen molar-refractivity contribution in [2.45, 2.75) is 32.4 Å². The Bertz CT molecular complexity index is 2200. The van der Waals surface area contributed by atoms with E-state index in [9.17, 15) is 9.59 Å². The maximum absolute atomic E-state index is 14.4. The average molecular weight is 693 g/mol. The molecule has 0 atom stereocenters. The summed E-state index contributed by atoms with van der Waals surface area (Å²) in [5.74, 6) is 0.683. The van der Waals surface area contributed by atoms with Crippen LogP contribution in [0.25, 0.3) is 21.9 Å². The number of carbonyl (C=O) groups excluding carboxylic acids is 1. The van der Waals surface area contributed by atoms with Gasteiger partial charge in [0, 0.05) is 28.0 Å². The Kier molecular flexibility index (Phi) is 8.50. The maximum atomic E-state index is 14.4. The Morgan fingerprint density at radius 2 is 1.25 bits per heavy atom. The molecule has 0 aliphatic heterocycles. The van der Waals surface area contributed by atoms with Gasteiger partial charge < -0.3 is 4.57 Å². The summed E-state index contributed by atoms with van der Waals surface area (Å²) in [4.78, 5) is 33.4. The third kappa shape index (κ3) is 5.32. The highest BCUT2D eigenvalue weighted by molar-refractivity contribution is 9.10. The van der Waals surface area contributed by atoms with Gasteiger partial charge in [0.25, 0.3) is 5.56 Å². The van der Waals surface area contributed by atoms with Gasteiger partial charge in [-0.2, -0.15) is 0 Å². The van der Waals surface area contributed by atoms with E-state index in [-0.39, 0.29) is 24.3 Å². The Morgan fingerprint density at radius 3 is 1.77 bits per heavy atom. The number of aromatic nitrogens is 3. The molecule has 236 valence electrons. The number of benzene rings is 5. The van der Waals surface area contributed by atoms with Crippen molar-refractivity contribution >= 4 is 32.5 Å². The van der Waals surface area contributed by atoms with Crippen LogP contribution in [0.3, 0.4) is 0 Å².